The summed E-state index contributed by atoms with van der Waals surface area (Å²) in [5.74, 6) is -1.02. The number of esters is 1. The van der Waals surface area contributed by atoms with Crippen molar-refractivity contribution in [3.05, 3.63) is 69.2 Å². The summed E-state index contributed by atoms with van der Waals surface area (Å²) in [6.45, 7) is 5.46. The summed E-state index contributed by atoms with van der Waals surface area (Å²) < 4.78 is 5.18. The van der Waals surface area contributed by atoms with Crippen LogP contribution >= 0.6 is 23.2 Å². The van der Waals surface area contributed by atoms with Gasteiger partial charge >= 0.3 is 5.97 Å². The molecule has 0 aliphatic rings. The minimum Gasteiger partial charge on any atom is -0.449 e. The molecule has 0 radical (unpaired) electrons. The molecule has 142 valence electrons. The van der Waals surface area contributed by atoms with Gasteiger partial charge in [-0.2, -0.15) is 0 Å². The first-order valence-electron chi connectivity index (χ1n) is 8.55. The van der Waals surface area contributed by atoms with Crippen LogP contribution in [-0.4, -0.2) is 18.0 Å². The summed E-state index contributed by atoms with van der Waals surface area (Å²) in [6, 6.07) is 10.8. The molecule has 0 aliphatic carbocycles. The maximum atomic E-state index is 12.4. The van der Waals surface area contributed by atoms with Crippen LogP contribution in [0.4, 0.5) is 5.69 Å². The number of hydrogen-bond acceptors (Lipinski definition) is 3. The zero-order chi connectivity index (χ0) is 20.0. The zero-order valence-electron chi connectivity index (χ0n) is 15.4. The lowest BCUT2D eigenvalue weighted by atomic mass is 10.1. The Labute approximate surface area is 169 Å². The third-order valence-corrected chi connectivity index (χ3v) is 4.57. The number of carbonyl (C=O) groups excluding carboxylic acids is 2. The maximum Gasteiger partial charge on any atom is 0.331 e. The van der Waals surface area contributed by atoms with Crippen molar-refractivity contribution in [3.8, 4) is 0 Å². The van der Waals surface area contributed by atoms with Gasteiger partial charge in [0.1, 0.15) is 0 Å². The third-order valence-electron chi connectivity index (χ3n) is 4.01. The number of carbonyl (C=O) groups is 2. The molecule has 1 amide bonds. The fraction of sp³-hybridized carbons (Fsp3) is 0.238. The molecule has 27 heavy (non-hydrogen) atoms. The van der Waals surface area contributed by atoms with Crippen molar-refractivity contribution in [3.63, 3.8) is 0 Å². The van der Waals surface area contributed by atoms with Gasteiger partial charge < -0.3 is 10.1 Å². The molecule has 0 heterocycles. The van der Waals surface area contributed by atoms with Crippen LogP contribution in [0.25, 0.3) is 6.08 Å². The van der Waals surface area contributed by atoms with Crippen molar-refractivity contribution in [2.75, 3.05) is 5.32 Å². The highest BCUT2D eigenvalue weighted by Gasteiger charge is 2.18. The van der Waals surface area contributed by atoms with E-state index in [0.29, 0.717) is 15.6 Å². The molecular formula is C21H21Cl2NO3. The standard InChI is InChI=1S/C21H21Cl2NO3/c1-4-15-7-5-6-13(2)20(15)24-21(26)14(3)27-19(25)11-9-16-8-10-17(22)12-18(16)23/h5-12,14H,4H2,1-3H3,(H,24,26). The van der Waals surface area contributed by atoms with Crippen LogP contribution in [0.3, 0.4) is 0 Å². The molecule has 0 aliphatic heterocycles. The lowest BCUT2D eigenvalue weighted by molar-refractivity contribution is -0.148. The Bertz CT molecular complexity index is 878. The van der Waals surface area contributed by atoms with Crippen molar-refractivity contribution in [2.45, 2.75) is 33.3 Å². The minimum absolute atomic E-state index is 0.384. The van der Waals surface area contributed by atoms with Gasteiger partial charge in [-0.05, 0) is 55.2 Å². The Kier molecular flexibility index (Phi) is 7.45. The Morgan fingerprint density at radius 3 is 2.63 bits per heavy atom. The fourth-order valence-electron chi connectivity index (χ4n) is 2.49. The van der Waals surface area contributed by atoms with E-state index in [1.54, 1.807) is 18.2 Å². The number of nitrogens with one attached hydrogen (secondary N) is 1. The Hall–Kier alpha value is -2.30. The fourth-order valence-corrected chi connectivity index (χ4v) is 2.96. The second-order valence-corrected chi connectivity index (χ2v) is 6.87. The van der Waals surface area contributed by atoms with Gasteiger partial charge in [0.25, 0.3) is 5.91 Å². The smallest absolute Gasteiger partial charge is 0.331 e. The summed E-state index contributed by atoms with van der Waals surface area (Å²) >= 11 is 11.9. The number of benzene rings is 2. The monoisotopic (exact) mass is 405 g/mol. The zero-order valence-corrected chi connectivity index (χ0v) is 16.9. The van der Waals surface area contributed by atoms with E-state index in [1.807, 2.05) is 32.0 Å². The molecule has 0 bridgehead atoms. The van der Waals surface area contributed by atoms with Gasteiger partial charge in [0.2, 0.25) is 0 Å². The lowest BCUT2D eigenvalue weighted by Gasteiger charge is -2.16. The molecule has 0 spiro atoms. The first-order chi connectivity index (χ1) is 12.8. The summed E-state index contributed by atoms with van der Waals surface area (Å²) in [7, 11) is 0. The van der Waals surface area contributed by atoms with E-state index in [1.165, 1.54) is 19.1 Å². The molecular weight excluding hydrogens is 385 g/mol. The van der Waals surface area contributed by atoms with Crippen molar-refractivity contribution in [2.24, 2.45) is 0 Å². The quantitative estimate of drug-likeness (QED) is 0.513. The van der Waals surface area contributed by atoms with Gasteiger partial charge in [0.15, 0.2) is 6.10 Å². The van der Waals surface area contributed by atoms with Gasteiger partial charge in [0.05, 0.1) is 0 Å². The number of ether oxygens (including phenoxy) is 1. The maximum absolute atomic E-state index is 12.4. The number of para-hydroxylation sites is 1. The average molecular weight is 406 g/mol. The molecule has 0 fully saturated rings. The van der Waals surface area contributed by atoms with E-state index in [-0.39, 0.29) is 5.91 Å². The Morgan fingerprint density at radius 1 is 1.22 bits per heavy atom. The second kappa shape index (κ2) is 9.58. The molecule has 2 rings (SSSR count). The highest BCUT2D eigenvalue weighted by molar-refractivity contribution is 6.35. The lowest BCUT2D eigenvalue weighted by Crippen LogP contribution is -2.30. The minimum atomic E-state index is -0.938. The summed E-state index contributed by atoms with van der Waals surface area (Å²) in [5, 5.41) is 3.78. The SMILES string of the molecule is CCc1cccc(C)c1NC(=O)C(C)OC(=O)C=Cc1ccc(Cl)cc1Cl. The van der Waals surface area contributed by atoms with Crippen LogP contribution in [0.2, 0.25) is 10.0 Å². The van der Waals surface area contributed by atoms with Crippen LogP contribution in [0.15, 0.2) is 42.5 Å². The summed E-state index contributed by atoms with van der Waals surface area (Å²) in [6.07, 6.45) is 2.59. The molecule has 1 N–H and O–H groups in total. The highest BCUT2D eigenvalue weighted by atomic mass is 35.5. The highest BCUT2D eigenvalue weighted by Crippen LogP contribution is 2.23. The van der Waals surface area contributed by atoms with E-state index in [4.69, 9.17) is 27.9 Å². The van der Waals surface area contributed by atoms with Gasteiger partial charge in [-0.25, -0.2) is 4.79 Å². The van der Waals surface area contributed by atoms with Crippen molar-refractivity contribution < 1.29 is 14.3 Å². The number of halogens is 2. The number of anilines is 1. The van der Waals surface area contributed by atoms with E-state index in [0.717, 1.165) is 23.2 Å². The number of hydrogen-bond donors (Lipinski definition) is 1. The predicted octanol–water partition coefficient (Wildman–Crippen LogP) is 5.45. The van der Waals surface area contributed by atoms with Crippen molar-refractivity contribution in [1.29, 1.82) is 0 Å². The van der Waals surface area contributed by atoms with Crippen LogP contribution in [0.5, 0.6) is 0 Å². The van der Waals surface area contributed by atoms with Crippen molar-refractivity contribution in [1.82, 2.24) is 0 Å². The molecule has 1 atom stereocenters. The molecule has 0 saturated carbocycles. The molecule has 6 heteroatoms. The van der Waals surface area contributed by atoms with Crippen LogP contribution in [0.1, 0.15) is 30.5 Å². The Morgan fingerprint density at radius 2 is 1.96 bits per heavy atom. The molecule has 2 aromatic rings. The van der Waals surface area contributed by atoms with Gasteiger partial charge in [0, 0.05) is 21.8 Å². The molecule has 2 aromatic carbocycles. The molecule has 4 nitrogen and oxygen atoms in total. The molecule has 0 saturated heterocycles. The van der Waals surface area contributed by atoms with Crippen LogP contribution < -0.4 is 5.32 Å². The molecule has 0 aromatic heterocycles. The van der Waals surface area contributed by atoms with Crippen molar-refractivity contribution >= 4 is 46.8 Å². The largest absolute Gasteiger partial charge is 0.449 e. The number of aryl methyl sites for hydroxylation is 2. The second-order valence-electron chi connectivity index (χ2n) is 6.03. The predicted molar refractivity (Wildman–Crippen MR) is 110 cm³/mol. The topological polar surface area (TPSA) is 55.4 Å². The van der Waals surface area contributed by atoms with E-state index >= 15 is 0 Å². The van der Waals surface area contributed by atoms with E-state index < -0.39 is 12.1 Å². The van der Waals surface area contributed by atoms with Gasteiger partial charge in [-0.1, -0.05) is 54.4 Å². The Balaban J connectivity index is 2.00. The summed E-state index contributed by atoms with van der Waals surface area (Å²) in [5.41, 5.74) is 3.37. The summed E-state index contributed by atoms with van der Waals surface area (Å²) in [4.78, 5) is 24.4. The van der Waals surface area contributed by atoms with Gasteiger partial charge in [-0.3, -0.25) is 4.79 Å². The average Bonchev–Trinajstić information content (AvgIpc) is 2.62. The van der Waals surface area contributed by atoms with E-state index in [2.05, 4.69) is 5.32 Å². The van der Waals surface area contributed by atoms with Crippen LogP contribution in [-0.2, 0) is 20.7 Å². The van der Waals surface area contributed by atoms with Crippen LogP contribution in [0, 0.1) is 6.92 Å². The normalized spacial score (nSPS) is 12.0. The van der Waals surface area contributed by atoms with Gasteiger partial charge in [-0.15, -0.1) is 0 Å². The number of rotatable bonds is 6. The third kappa shape index (κ3) is 5.84. The number of amides is 1. The molecule has 1 unspecified atom stereocenters. The van der Waals surface area contributed by atoms with E-state index in [9.17, 15) is 9.59 Å². The first kappa shape index (κ1) is 21.0. The first-order valence-corrected chi connectivity index (χ1v) is 9.30.